The number of amides is 2. The number of carbonyl (C=O) groups excluding carboxylic acids is 3. The number of methoxy groups -OCH3 is 2. The van der Waals surface area contributed by atoms with Crippen molar-refractivity contribution in [2.45, 2.75) is 17.8 Å². The first-order chi connectivity index (χ1) is 23.8. The number of rotatable bonds is 7. The molecule has 1 saturated carbocycles. The Hall–Kier alpha value is -5.27. The number of ether oxygens (including phenoxy) is 2. The maximum absolute atomic E-state index is 16.1. The van der Waals surface area contributed by atoms with Gasteiger partial charge < -0.3 is 9.47 Å². The zero-order chi connectivity index (χ0) is 34.1. The molecule has 1 saturated heterocycles. The van der Waals surface area contributed by atoms with E-state index in [4.69, 9.17) is 9.47 Å². The molecule has 3 aliphatic rings. The Morgan fingerprint density at radius 3 is 1.41 bits per heavy atom. The summed E-state index contributed by atoms with van der Waals surface area (Å²) in [6, 6.07) is 39.8. The topological polar surface area (TPSA) is 72.9 Å². The number of ketones is 1. The second-order valence-corrected chi connectivity index (χ2v) is 13.6. The van der Waals surface area contributed by atoms with Gasteiger partial charge in [0.15, 0.2) is 5.78 Å². The maximum Gasteiger partial charge on any atom is 0.239 e. The van der Waals surface area contributed by atoms with Crippen molar-refractivity contribution in [2.75, 3.05) is 19.1 Å². The van der Waals surface area contributed by atoms with Crippen LogP contribution >= 0.6 is 15.9 Å². The molecule has 0 aromatic heterocycles. The monoisotopic (exact) mass is 709 g/mol. The number of aryl methyl sites for hydroxylation is 1. The molecule has 49 heavy (non-hydrogen) atoms. The minimum absolute atomic E-state index is 0.171. The Labute approximate surface area is 293 Å². The van der Waals surface area contributed by atoms with Crippen molar-refractivity contribution in [3.05, 3.63) is 160 Å². The van der Waals surface area contributed by atoms with E-state index in [1.807, 2.05) is 128 Å². The first-order valence-electron chi connectivity index (χ1n) is 16.1. The number of nitrogens with zero attached hydrogens (tertiary/aromatic N) is 1. The van der Waals surface area contributed by atoms with Gasteiger partial charge in [0.05, 0.1) is 42.6 Å². The molecular weight excluding hydrogens is 678 g/mol. The molecule has 5 aromatic carbocycles. The van der Waals surface area contributed by atoms with Gasteiger partial charge >= 0.3 is 0 Å². The van der Waals surface area contributed by atoms with Crippen LogP contribution < -0.4 is 14.4 Å². The number of benzene rings is 5. The number of anilines is 1. The van der Waals surface area contributed by atoms with Crippen LogP contribution in [-0.4, -0.2) is 31.8 Å². The maximum atomic E-state index is 16.1. The lowest BCUT2D eigenvalue weighted by molar-refractivity contribution is -0.130. The third-order valence-electron chi connectivity index (χ3n) is 10.6. The summed E-state index contributed by atoms with van der Waals surface area (Å²) in [4.78, 5) is 47.7. The molecule has 0 spiro atoms. The van der Waals surface area contributed by atoms with E-state index in [0.717, 1.165) is 32.3 Å². The van der Waals surface area contributed by atoms with E-state index < -0.39 is 22.7 Å². The van der Waals surface area contributed by atoms with Gasteiger partial charge in [-0.1, -0.05) is 107 Å². The van der Waals surface area contributed by atoms with Crippen molar-refractivity contribution in [1.29, 1.82) is 0 Å². The molecule has 1 aliphatic heterocycles. The third kappa shape index (κ3) is 4.09. The molecule has 2 aliphatic carbocycles. The summed E-state index contributed by atoms with van der Waals surface area (Å²) in [5, 5.41) is 0. The van der Waals surface area contributed by atoms with Gasteiger partial charge in [-0.2, -0.15) is 0 Å². The predicted molar refractivity (Wildman–Crippen MR) is 192 cm³/mol. The zero-order valence-electron chi connectivity index (χ0n) is 27.1. The normalized spacial score (nSPS) is 24.1. The molecular formula is C42H32BrNO5. The molecule has 0 N–H and O–H groups in total. The third-order valence-corrected chi connectivity index (χ3v) is 11.5. The molecule has 0 radical (unpaired) electrons. The van der Waals surface area contributed by atoms with Crippen LogP contribution in [0.3, 0.4) is 0 Å². The van der Waals surface area contributed by atoms with Gasteiger partial charge in [0.2, 0.25) is 11.8 Å². The van der Waals surface area contributed by atoms with Crippen LogP contribution in [0.25, 0.3) is 11.1 Å². The van der Waals surface area contributed by atoms with Crippen molar-refractivity contribution in [1.82, 2.24) is 0 Å². The van der Waals surface area contributed by atoms with E-state index >= 15 is 14.4 Å². The van der Waals surface area contributed by atoms with Crippen LogP contribution in [0.1, 0.15) is 27.8 Å². The molecule has 7 heteroatoms. The number of halogens is 1. The molecule has 2 amide bonds. The fourth-order valence-corrected chi connectivity index (χ4v) is 8.98. The lowest BCUT2D eigenvalue weighted by Gasteiger charge is -2.39. The smallest absolute Gasteiger partial charge is 0.239 e. The molecule has 242 valence electrons. The van der Waals surface area contributed by atoms with Gasteiger partial charge in [0.25, 0.3) is 0 Å². The fourth-order valence-electron chi connectivity index (χ4n) is 8.62. The highest BCUT2D eigenvalue weighted by Gasteiger charge is 2.82. The van der Waals surface area contributed by atoms with Crippen LogP contribution in [-0.2, 0) is 25.2 Å². The summed E-state index contributed by atoms with van der Waals surface area (Å²) in [6.45, 7) is 1.95. The van der Waals surface area contributed by atoms with Crippen LogP contribution in [0.15, 0.2) is 132 Å². The summed E-state index contributed by atoms with van der Waals surface area (Å²) in [5.74, 6) is -1.63. The number of imide groups is 1. The van der Waals surface area contributed by atoms with Gasteiger partial charge in [-0.15, -0.1) is 0 Å². The number of allylic oxidation sites excluding steroid dienone is 2. The van der Waals surface area contributed by atoms with Gasteiger partial charge in [-0.05, 0) is 82.3 Å². The van der Waals surface area contributed by atoms with Crippen LogP contribution in [0.5, 0.6) is 11.5 Å². The van der Waals surface area contributed by atoms with E-state index in [2.05, 4.69) is 15.9 Å². The SMILES string of the molecule is COc1ccc(C2=C(c3ccc(OC)cc3)[C@@]3(c4ccccc4)C(=O)[C@@]2(c2ccccc2)[C@H]2C(=O)N(c4ccc(C)c(Br)c4)C(=O)[C@@H]23)cc1. The quantitative estimate of drug-likeness (QED) is 0.160. The first-order valence-corrected chi connectivity index (χ1v) is 16.9. The molecule has 4 atom stereocenters. The van der Waals surface area contributed by atoms with Gasteiger partial charge in [0.1, 0.15) is 11.5 Å². The number of hydrogen-bond acceptors (Lipinski definition) is 5. The summed E-state index contributed by atoms with van der Waals surface area (Å²) in [6.07, 6.45) is 0. The molecule has 5 aromatic rings. The molecule has 8 rings (SSSR count). The largest absolute Gasteiger partial charge is 0.497 e. The number of Topliss-reactive ketones (excluding diaryl/α,β-unsaturated/α-hetero) is 1. The lowest BCUT2D eigenvalue weighted by Crippen LogP contribution is -2.45. The second-order valence-electron chi connectivity index (χ2n) is 12.8. The highest BCUT2D eigenvalue weighted by atomic mass is 79.9. The zero-order valence-corrected chi connectivity index (χ0v) is 28.7. The van der Waals surface area contributed by atoms with E-state index in [0.29, 0.717) is 28.3 Å². The highest BCUT2D eigenvalue weighted by molar-refractivity contribution is 9.10. The molecule has 0 unspecified atom stereocenters. The Morgan fingerprint density at radius 1 is 0.592 bits per heavy atom. The molecule has 2 bridgehead atoms. The Balaban J connectivity index is 1.54. The summed E-state index contributed by atoms with van der Waals surface area (Å²) in [5.41, 5.74) is 2.80. The minimum Gasteiger partial charge on any atom is -0.497 e. The van der Waals surface area contributed by atoms with Gasteiger partial charge in [-0.25, -0.2) is 4.90 Å². The van der Waals surface area contributed by atoms with Crippen LogP contribution in [0.4, 0.5) is 5.69 Å². The Kier molecular flexibility index (Phi) is 7.23. The summed E-state index contributed by atoms with van der Waals surface area (Å²) in [7, 11) is 3.22. The van der Waals surface area contributed by atoms with Gasteiger partial charge in [0, 0.05) is 4.47 Å². The molecule has 1 heterocycles. The second kappa shape index (κ2) is 11.4. The Bertz CT molecular complexity index is 2050. The van der Waals surface area contributed by atoms with Crippen LogP contribution in [0.2, 0.25) is 0 Å². The van der Waals surface area contributed by atoms with Crippen molar-refractivity contribution in [3.8, 4) is 11.5 Å². The predicted octanol–water partition coefficient (Wildman–Crippen LogP) is 7.96. The lowest BCUT2D eigenvalue weighted by atomic mass is 9.59. The average Bonchev–Trinajstić information content (AvgIpc) is 3.65. The highest BCUT2D eigenvalue weighted by Crippen LogP contribution is 2.74. The standard InChI is InChI=1S/C42H32BrNO5/c1-25-14-19-30(24-33(25)43)44-38(45)36-37(39(44)46)42(29-12-8-5-9-13-29)35(27-17-22-32(49-3)23-18-27)34(26-15-20-31(48-2)21-16-26)41(36,40(42)47)28-10-6-4-7-11-28/h4-24,36-37H,1-3H3/t36-,37-,41-,42-/m1/s1. The van der Waals surface area contributed by atoms with E-state index in [1.54, 1.807) is 20.3 Å². The summed E-state index contributed by atoms with van der Waals surface area (Å²) >= 11 is 3.61. The molecule has 2 fully saturated rings. The fraction of sp³-hybridized carbons (Fsp3) is 0.167. The minimum atomic E-state index is -1.49. The van der Waals surface area contributed by atoms with Crippen molar-refractivity contribution < 1.29 is 23.9 Å². The van der Waals surface area contributed by atoms with E-state index in [1.165, 1.54) is 4.90 Å². The number of fused-ring (bicyclic) bond motifs is 5. The van der Waals surface area contributed by atoms with E-state index in [-0.39, 0.29) is 17.6 Å². The van der Waals surface area contributed by atoms with Crippen molar-refractivity contribution in [3.63, 3.8) is 0 Å². The van der Waals surface area contributed by atoms with Crippen molar-refractivity contribution >= 4 is 50.4 Å². The van der Waals surface area contributed by atoms with E-state index in [9.17, 15) is 0 Å². The van der Waals surface area contributed by atoms with Gasteiger partial charge in [-0.3, -0.25) is 14.4 Å². The van der Waals surface area contributed by atoms with Crippen LogP contribution in [0, 0.1) is 18.8 Å². The number of hydrogen-bond donors (Lipinski definition) is 0. The number of carbonyl (C=O) groups is 3. The summed E-state index contributed by atoms with van der Waals surface area (Å²) < 4.78 is 11.8. The average molecular weight is 711 g/mol. The molecule has 6 nitrogen and oxygen atoms in total. The first kappa shape index (κ1) is 31.0. The van der Waals surface area contributed by atoms with Crippen molar-refractivity contribution in [2.24, 2.45) is 11.8 Å². The Morgan fingerprint density at radius 2 is 1.02 bits per heavy atom.